The molecular formula is C25H25ClN6O. The largest absolute Gasteiger partial charge is 0.383 e. The van der Waals surface area contributed by atoms with Crippen molar-refractivity contribution in [1.82, 2.24) is 19.5 Å². The Labute approximate surface area is 197 Å². The van der Waals surface area contributed by atoms with E-state index < -0.39 is 0 Å². The number of nitrogens with one attached hydrogen (secondary N) is 1. The van der Waals surface area contributed by atoms with Gasteiger partial charge in [0, 0.05) is 56.1 Å². The van der Waals surface area contributed by atoms with Crippen molar-refractivity contribution in [3.63, 3.8) is 0 Å². The summed E-state index contributed by atoms with van der Waals surface area (Å²) in [6, 6.07) is 9.65. The number of nitrogens with two attached hydrogens (primary N) is 1. The first-order valence-electron chi connectivity index (χ1n) is 11.1. The topological polar surface area (TPSA) is 98.7 Å². The van der Waals surface area contributed by atoms with Crippen molar-refractivity contribution >= 4 is 39.8 Å². The third-order valence-electron chi connectivity index (χ3n) is 6.26. The zero-order valence-electron chi connectivity index (χ0n) is 18.2. The fraction of sp³-hybridized carbons (Fsp3) is 0.280. The van der Waals surface area contributed by atoms with Gasteiger partial charge in [-0.1, -0.05) is 29.8 Å². The van der Waals surface area contributed by atoms with Gasteiger partial charge < -0.3 is 15.6 Å². The van der Waals surface area contributed by atoms with Crippen molar-refractivity contribution in [3.8, 4) is 0 Å². The average Bonchev–Trinajstić information content (AvgIpc) is 3.30. The van der Waals surface area contributed by atoms with Crippen LogP contribution in [0, 0.1) is 5.92 Å². The molecule has 1 aliphatic rings. The molecule has 1 atom stereocenters. The van der Waals surface area contributed by atoms with Crippen LogP contribution in [0.4, 0.5) is 11.6 Å². The molecule has 0 fully saturated rings. The Kier molecular flexibility index (Phi) is 5.96. The molecule has 1 aromatic carbocycles. The minimum absolute atomic E-state index is 0.0148. The van der Waals surface area contributed by atoms with Gasteiger partial charge in [0.05, 0.1) is 10.6 Å². The second-order valence-corrected chi connectivity index (χ2v) is 8.94. The first-order valence-corrected chi connectivity index (χ1v) is 11.5. The number of pyridine rings is 2. The second kappa shape index (κ2) is 9.19. The standard InChI is InChI=1S/C25H25ClN6O/c26-19-13-21(22(33)4-2-16-1-3-20-18(11-16)5-7-29-24(20)27)25(31-15-19)30-14-17-6-9-32-10-8-28-23(32)12-17/h1,3,5,7-8,10-11,13,15,17H,2,4,6,9,12,14H2,(H2,27,29)(H,30,31). The van der Waals surface area contributed by atoms with E-state index >= 15 is 0 Å². The van der Waals surface area contributed by atoms with E-state index in [1.165, 1.54) is 0 Å². The zero-order valence-corrected chi connectivity index (χ0v) is 18.9. The number of anilines is 2. The highest BCUT2D eigenvalue weighted by molar-refractivity contribution is 6.31. The molecule has 0 spiro atoms. The van der Waals surface area contributed by atoms with E-state index in [-0.39, 0.29) is 5.78 Å². The summed E-state index contributed by atoms with van der Waals surface area (Å²) in [6.45, 7) is 1.71. The number of halogens is 1. The lowest BCUT2D eigenvalue weighted by Crippen LogP contribution is -2.25. The van der Waals surface area contributed by atoms with Crippen LogP contribution in [0.2, 0.25) is 5.02 Å². The molecule has 3 N–H and O–H groups in total. The molecule has 0 amide bonds. The Hall–Kier alpha value is -3.45. The van der Waals surface area contributed by atoms with Crippen molar-refractivity contribution in [1.29, 1.82) is 0 Å². The Morgan fingerprint density at radius 3 is 3.00 bits per heavy atom. The van der Waals surface area contributed by atoms with Crippen LogP contribution in [0.15, 0.2) is 55.1 Å². The van der Waals surface area contributed by atoms with Gasteiger partial charge in [0.1, 0.15) is 17.5 Å². The van der Waals surface area contributed by atoms with Gasteiger partial charge >= 0.3 is 0 Å². The van der Waals surface area contributed by atoms with E-state index in [4.69, 9.17) is 17.3 Å². The summed E-state index contributed by atoms with van der Waals surface area (Å²) in [5, 5.41) is 5.79. The number of nitrogen functional groups attached to an aromatic ring is 1. The maximum Gasteiger partial charge on any atom is 0.166 e. The molecule has 5 rings (SSSR count). The maximum absolute atomic E-state index is 13.1. The van der Waals surface area contributed by atoms with E-state index in [1.54, 1.807) is 18.5 Å². The Morgan fingerprint density at radius 2 is 2.09 bits per heavy atom. The van der Waals surface area contributed by atoms with Crippen molar-refractivity contribution in [3.05, 3.63) is 77.1 Å². The van der Waals surface area contributed by atoms with Crippen LogP contribution >= 0.6 is 11.6 Å². The minimum Gasteiger partial charge on any atom is -0.383 e. The first kappa shape index (κ1) is 21.4. The van der Waals surface area contributed by atoms with Crippen LogP contribution in [0.3, 0.4) is 0 Å². The lowest BCUT2D eigenvalue weighted by Gasteiger charge is -2.24. The summed E-state index contributed by atoms with van der Waals surface area (Å²) < 4.78 is 2.20. The summed E-state index contributed by atoms with van der Waals surface area (Å²) in [4.78, 5) is 26.1. The SMILES string of the molecule is Nc1nccc2cc(CCC(=O)c3cc(Cl)cnc3NCC3CCn4ccnc4C3)ccc12. The van der Waals surface area contributed by atoms with Gasteiger partial charge in [0.2, 0.25) is 0 Å². The Morgan fingerprint density at radius 1 is 1.18 bits per heavy atom. The van der Waals surface area contributed by atoms with Gasteiger partial charge in [-0.2, -0.15) is 0 Å². The van der Waals surface area contributed by atoms with E-state index in [9.17, 15) is 4.79 Å². The molecule has 0 saturated carbocycles. The maximum atomic E-state index is 13.1. The molecule has 1 unspecified atom stereocenters. The number of hydrogen-bond donors (Lipinski definition) is 2. The summed E-state index contributed by atoms with van der Waals surface area (Å²) in [5.74, 6) is 2.68. The number of fused-ring (bicyclic) bond motifs is 2. The Bertz CT molecular complexity index is 1320. The number of nitrogens with zero attached hydrogens (tertiary/aromatic N) is 4. The van der Waals surface area contributed by atoms with Crippen LogP contribution in [-0.4, -0.2) is 31.8 Å². The molecule has 7 nitrogen and oxygen atoms in total. The second-order valence-electron chi connectivity index (χ2n) is 8.50. The highest BCUT2D eigenvalue weighted by Gasteiger charge is 2.20. The van der Waals surface area contributed by atoms with Crippen molar-refractivity contribution in [2.45, 2.75) is 32.2 Å². The van der Waals surface area contributed by atoms with Crippen LogP contribution in [-0.2, 0) is 19.4 Å². The fourth-order valence-corrected chi connectivity index (χ4v) is 4.58. The number of imidazole rings is 1. The van der Waals surface area contributed by atoms with E-state index in [1.807, 2.05) is 30.6 Å². The van der Waals surface area contributed by atoms with Gasteiger partial charge in [0.25, 0.3) is 0 Å². The number of rotatable bonds is 7. The molecule has 0 saturated heterocycles. The fourth-order valence-electron chi connectivity index (χ4n) is 4.42. The predicted molar refractivity (Wildman–Crippen MR) is 131 cm³/mol. The highest BCUT2D eigenvalue weighted by Crippen LogP contribution is 2.25. The average molecular weight is 461 g/mol. The van der Waals surface area contributed by atoms with Crippen molar-refractivity contribution < 1.29 is 4.79 Å². The summed E-state index contributed by atoms with van der Waals surface area (Å²) in [5.41, 5.74) is 7.55. The number of carbonyl (C=O) groups excluding carboxylic acids is 1. The summed E-state index contributed by atoms with van der Waals surface area (Å²) in [6.07, 6.45) is 10.1. The number of aromatic nitrogens is 4. The molecule has 3 aromatic heterocycles. The normalized spacial score (nSPS) is 15.4. The number of aryl methyl sites for hydroxylation is 2. The van der Waals surface area contributed by atoms with Crippen LogP contribution < -0.4 is 11.1 Å². The smallest absolute Gasteiger partial charge is 0.166 e. The van der Waals surface area contributed by atoms with E-state index in [2.05, 4.69) is 30.9 Å². The van der Waals surface area contributed by atoms with Crippen molar-refractivity contribution in [2.75, 3.05) is 17.6 Å². The van der Waals surface area contributed by atoms with E-state index in [0.717, 1.165) is 48.1 Å². The number of Topliss-reactive ketones (excluding diaryl/α,β-unsaturated/α-hetero) is 1. The van der Waals surface area contributed by atoms with Gasteiger partial charge in [-0.3, -0.25) is 4.79 Å². The molecule has 8 heteroatoms. The molecule has 168 valence electrons. The quantitative estimate of drug-likeness (QED) is 0.392. The molecule has 0 radical (unpaired) electrons. The third kappa shape index (κ3) is 4.68. The lowest BCUT2D eigenvalue weighted by molar-refractivity contribution is 0.0983. The lowest BCUT2D eigenvalue weighted by atomic mass is 9.97. The number of carbonyl (C=O) groups is 1. The van der Waals surface area contributed by atoms with Gasteiger partial charge in [0.15, 0.2) is 5.78 Å². The third-order valence-corrected chi connectivity index (χ3v) is 6.47. The molecule has 0 aliphatic carbocycles. The van der Waals surface area contributed by atoms with Crippen LogP contribution in [0.25, 0.3) is 10.8 Å². The molecular weight excluding hydrogens is 436 g/mol. The highest BCUT2D eigenvalue weighted by atomic mass is 35.5. The summed E-state index contributed by atoms with van der Waals surface area (Å²) in [7, 11) is 0. The summed E-state index contributed by atoms with van der Waals surface area (Å²) >= 11 is 6.18. The Balaban J connectivity index is 1.26. The number of ketones is 1. The minimum atomic E-state index is 0.0148. The zero-order chi connectivity index (χ0) is 22.8. The van der Waals surface area contributed by atoms with Gasteiger partial charge in [-0.15, -0.1) is 0 Å². The van der Waals surface area contributed by atoms with Crippen molar-refractivity contribution in [2.24, 2.45) is 5.92 Å². The first-order chi connectivity index (χ1) is 16.1. The van der Waals surface area contributed by atoms with Crippen LogP contribution in [0.5, 0.6) is 0 Å². The molecule has 0 bridgehead atoms. The monoisotopic (exact) mass is 460 g/mol. The van der Waals surface area contributed by atoms with Gasteiger partial charge in [-0.05, 0) is 41.8 Å². The molecule has 1 aliphatic heterocycles. The molecule has 4 aromatic rings. The van der Waals surface area contributed by atoms with Crippen LogP contribution in [0.1, 0.15) is 34.6 Å². The molecule has 33 heavy (non-hydrogen) atoms. The predicted octanol–water partition coefficient (Wildman–Crippen LogP) is 4.55. The van der Waals surface area contributed by atoms with E-state index in [0.29, 0.717) is 41.0 Å². The number of benzene rings is 1. The number of hydrogen-bond acceptors (Lipinski definition) is 6. The van der Waals surface area contributed by atoms with Gasteiger partial charge in [-0.25, -0.2) is 15.0 Å². The molecule has 4 heterocycles.